The van der Waals surface area contributed by atoms with Crippen LogP contribution < -0.4 is 0 Å². The molecule has 1 aromatic carbocycles. The molecule has 0 aliphatic carbocycles. The van der Waals surface area contributed by atoms with E-state index in [1.54, 1.807) is 0 Å². The lowest BCUT2D eigenvalue weighted by Crippen LogP contribution is -2.30. The normalized spacial score (nSPS) is 16.5. The van der Waals surface area contributed by atoms with Crippen LogP contribution in [0.2, 0.25) is 0 Å². The molecule has 1 atom stereocenters. The minimum atomic E-state index is -0.584. The second-order valence-electron chi connectivity index (χ2n) is 11.4. The Hall–Kier alpha value is -3.16. The fraction of sp³-hybridized carbons (Fsp3) is 0.600. The number of fused-ring (bicyclic) bond motifs is 1. The first-order valence-electron chi connectivity index (χ1n) is 14.2. The maximum absolute atomic E-state index is 12.2. The lowest BCUT2D eigenvalue weighted by Gasteiger charge is -2.24. The van der Waals surface area contributed by atoms with Gasteiger partial charge in [-0.05, 0) is 71.2 Å². The van der Waals surface area contributed by atoms with E-state index in [2.05, 4.69) is 52.1 Å². The van der Waals surface area contributed by atoms with Crippen LogP contribution in [-0.4, -0.2) is 43.7 Å². The first kappa shape index (κ1) is 27.9. The molecule has 0 saturated carbocycles. The van der Waals surface area contributed by atoms with Crippen molar-refractivity contribution in [2.24, 2.45) is 4.99 Å². The molecule has 0 bridgehead atoms. The summed E-state index contributed by atoms with van der Waals surface area (Å²) in [5.74, 6) is 1.73. The quantitative estimate of drug-likeness (QED) is 0.153. The van der Waals surface area contributed by atoms with Gasteiger partial charge in [-0.25, -0.2) is 4.79 Å². The number of aryl methyl sites for hydroxylation is 1. The predicted molar refractivity (Wildman–Crippen MR) is 151 cm³/mol. The first-order chi connectivity index (χ1) is 18.2. The molecule has 4 rings (SSSR count). The summed E-state index contributed by atoms with van der Waals surface area (Å²) < 4.78 is 13.4. The molecule has 3 heterocycles. The van der Waals surface area contributed by atoms with Gasteiger partial charge in [0.15, 0.2) is 0 Å². The number of hydrogen-bond donors (Lipinski definition) is 0. The van der Waals surface area contributed by atoms with Crippen LogP contribution in [0.5, 0.6) is 0 Å². The number of ether oxygens (including phenoxy) is 1. The van der Waals surface area contributed by atoms with Crippen molar-refractivity contribution in [1.82, 2.24) is 19.6 Å². The molecular formula is C30H43N5O3. The Labute approximate surface area is 226 Å². The Morgan fingerprint density at radius 1 is 1.13 bits per heavy atom. The highest BCUT2D eigenvalue weighted by molar-refractivity contribution is 5.90. The lowest BCUT2D eigenvalue weighted by molar-refractivity contribution is 0.0601. The summed E-state index contributed by atoms with van der Waals surface area (Å²) in [4.78, 5) is 23.1. The van der Waals surface area contributed by atoms with Gasteiger partial charge in [0.2, 0.25) is 11.7 Å². The second kappa shape index (κ2) is 12.6. The highest BCUT2D eigenvalue weighted by Gasteiger charge is 2.32. The average molecular weight is 522 g/mol. The van der Waals surface area contributed by atoms with Crippen molar-refractivity contribution in [2.45, 2.75) is 111 Å². The van der Waals surface area contributed by atoms with Crippen molar-refractivity contribution in [3.8, 4) is 11.4 Å². The highest BCUT2D eigenvalue weighted by Crippen LogP contribution is 2.33. The van der Waals surface area contributed by atoms with Crippen LogP contribution in [0.3, 0.4) is 0 Å². The number of aliphatic imine (C=N–C) groups is 1. The molecule has 1 aliphatic heterocycles. The van der Waals surface area contributed by atoms with E-state index in [0.717, 1.165) is 31.5 Å². The molecule has 2 aromatic heterocycles. The molecule has 0 N–H and O–H groups in total. The van der Waals surface area contributed by atoms with Gasteiger partial charge in [-0.15, -0.1) is 0 Å². The topological polar surface area (TPSA) is 85.8 Å². The van der Waals surface area contributed by atoms with Crippen LogP contribution in [0.1, 0.15) is 104 Å². The first-order valence-corrected chi connectivity index (χ1v) is 14.2. The van der Waals surface area contributed by atoms with Gasteiger partial charge in [0.25, 0.3) is 0 Å². The average Bonchev–Trinajstić information content (AvgIpc) is 3.61. The maximum atomic E-state index is 12.2. The second-order valence-corrected chi connectivity index (χ2v) is 11.4. The summed E-state index contributed by atoms with van der Waals surface area (Å²) in [5, 5.41) is 5.47. The molecule has 1 fully saturated rings. The summed E-state index contributed by atoms with van der Waals surface area (Å²) in [7, 11) is 0. The lowest BCUT2D eigenvalue weighted by atomic mass is 10.1. The van der Waals surface area contributed by atoms with Crippen LogP contribution in [-0.2, 0) is 11.3 Å². The van der Waals surface area contributed by atoms with Gasteiger partial charge in [-0.1, -0.05) is 50.6 Å². The minimum absolute atomic E-state index is 0.103. The molecular weight excluding hydrogens is 478 g/mol. The minimum Gasteiger partial charge on any atom is -0.442 e. The van der Waals surface area contributed by atoms with Gasteiger partial charge in [0.1, 0.15) is 17.5 Å². The number of aromatic nitrogens is 3. The fourth-order valence-corrected chi connectivity index (χ4v) is 5.15. The smallest absolute Gasteiger partial charge is 0.435 e. The van der Waals surface area contributed by atoms with Gasteiger partial charge in [0.05, 0.1) is 0 Å². The van der Waals surface area contributed by atoms with Gasteiger partial charge in [-0.2, -0.15) is 9.98 Å². The summed E-state index contributed by atoms with van der Waals surface area (Å²) in [6.07, 6.45) is 12.6. The Morgan fingerprint density at radius 2 is 1.89 bits per heavy atom. The Kier molecular flexibility index (Phi) is 9.23. The van der Waals surface area contributed by atoms with E-state index in [0.29, 0.717) is 17.6 Å². The van der Waals surface area contributed by atoms with Gasteiger partial charge >= 0.3 is 6.09 Å². The predicted octanol–water partition coefficient (Wildman–Crippen LogP) is 7.93. The highest BCUT2D eigenvalue weighted by atomic mass is 16.6. The molecule has 1 amide bonds. The Morgan fingerprint density at radius 3 is 2.66 bits per heavy atom. The van der Waals surface area contributed by atoms with Gasteiger partial charge < -0.3 is 18.7 Å². The Balaban J connectivity index is 1.39. The molecule has 8 nitrogen and oxygen atoms in total. The number of benzene rings is 1. The molecule has 1 aliphatic rings. The fourth-order valence-electron chi connectivity index (χ4n) is 5.15. The zero-order valence-electron chi connectivity index (χ0n) is 23.7. The molecule has 3 aromatic rings. The van der Waals surface area contributed by atoms with Crippen molar-refractivity contribution in [3.63, 3.8) is 0 Å². The zero-order valence-corrected chi connectivity index (χ0v) is 23.7. The van der Waals surface area contributed by atoms with Crippen LogP contribution in [0, 0.1) is 0 Å². The molecule has 1 saturated heterocycles. The monoisotopic (exact) mass is 521 g/mol. The third kappa shape index (κ3) is 7.23. The van der Waals surface area contributed by atoms with Crippen LogP contribution in [0.4, 0.5) is 4.79 Å². The molecule has 0 unspecified atom stereocenters. The summed E-state index contributed by atoms with van der Waals surface area (Å²) >= 11 is 0. The molecule has 0 radical (unpaired) electrons. The zero-order chi connectivity index (χ0) is 27.1. The third-order valence-corrected chi connectivity index (χ3v) is 7.07. The van der Waals surface area contributed by atoms with E-state index < -0.39 is 11.7 Å². The van der Waals surface area contributed by atoms with Crippen molar-refractivity contribution < 1.29 is 14.1 Å². The van der Waals surface area contributed by atoms with Crippen molar-refractivity contribution >= 4 is 22.8 Å². The molecule has 0 spiro atoms. The van der Waals surface area contributed by atoms with Crippen LogP contribution in [0.25, 0.3) is 22.3 Å². The van der Waals surface area contributed by atoms with Crippen LogP contribution >= 0.6 is 0 Å². The van der Waals surface area contributed by atoms with Gasteiger partial charge in [0, 0.05) is 35.8 Å². The molecule has 38 heavy (non-hydrogen) atoms. The number of amidine groups is 1. The van der Waals surface area contributed by atoms with E-state index in [4.69, 9.17) is 14.2 Å². The summed E-state index contributed by atoms with van der Waals surface area (Å²) in [6, 6.07) is 8.42. The maximum Gasteiger partial charge on any atom is 0.435 e. The standard InChI is InChI=1S/C30H43N5O3/c1-6-7-8-9-10-11-12-18-34-20-17-23-21-24(15-16-25(23)34)27-32-28(38-33-27)26-14-13-19-35(26)22(2)31-29(36)37-30(3,4)5/h15-17,20-21,26H,6-14,18-19H2,1-5H3/b31-22+/t26-/m0/s1. The summed E-state index contributed by atoms with van der Waals surface area (Å²) in [5.41, 5.74) is 1.59. The van der Waals surface area contributed by atoms with E-state index >= 15 is 0 Å². The third-order valence-electron chi connectivity index (χ3n) is 7.07. The van der Waals surface area contributed by atoms with Crippen LogP contribution in [0.15, 0.2) is 40.0 Å². The largest absolute Gasteiger partial charge is 0.442 e. The van der Waals surface area contributed by atoms with E-state index in [9.17, 15) is 4.79 Å². The number of amides is 1. The van der Waals surface area contributed by atoms with Crippen molar-refractivity contribution in [3.05, 3.63) is 36.4 Å². The van der Waals surface area contributed by atoms with Gasteiger partial charge in [-0.3, -0.25) is 0 Å². The number of hydrogen-bond acceptors (Lipinski definition) is 5. The number of unbranched alkanes of at least 4 members (excludes halogenated alkanes) is 6. The van der Waals surface area contributed by atoms with Crippen molar-refractivity contribution in [1.29, 1.82) is 0 Å². The number of carbonyl (C=O) groups excluding carboxylic acids is 1. The molecule has 206 valence electrons. The number of likely N-dealkylation sites (tertiary alicyclic amines) is 1. The van der Waals surface area contributed by atoms with E-state index in [1.165, 1.54) is 55.8 Å². The number of rotatable bonds is 10. The number of nitrogens with zero attached hydrogens (tertiary/aromatic N) is 5. The van der Waals surface area contributed by atoms with Crippen molar-refractivity contribution in [2.75, 3.05) is 6.54 Å². The van der Waals surface area contributed by atoms with E-state index in [-0.39, 0.29) is 6.04 Å². The Bertz CT molecular complexity index is 1240. The SMILES string of the molecule is CCCCCCCCCn1ccc2cc(-c3noc([C@@H]4CCCN4/C(C)=N/C(=O)OC(C)(C)C)n3)ccc21. The molecule has 8 heteroatoms. The number of carbonyl (C=O) groups is 1. The van der Waals surface area contributed by atoms with E-state index in [1.807, 2.05) is 32.6 Å². The summed E-state index contributed by atoms with van der Waals surface area (Å²) in [6.45, 7) is 11.4.